The largest absolute Gasteiger partial charge is 0.494 e. The first-order chi connectivity index (χ1) is 17.9. The molecule has 0 saturated carbocycles. The van der Waals surface area contributed by atoms with Crippen LogP contribution in [0.5, 0.6) is 5.75 Å². The van der Waals surface area contributed by atoms with Crippen molar-refractivity contribution in [3.8, 4) is 16.2 Å². The molecule has 1 aliphatic heterocycles. The van der Waals surface area contributed by atoms with Crippen LogP contribution in [0.4, 0.5) is 0 Å². The molecule has 0 radical (unpaired) electrons. The van der Waals surface area contributed by atoms with Crippen LogP contribution >= 0.6 is 11.3 Å². The Bertz CT molecular complexity index is 1260. The Morgan fingerprint density at radius 3 is 2.68 bits per heavy atom. The first-order valence-electron chi connectivity index (χ1n) is 12.5. The lowest BCUT2D eigenvalue weighted by molar-refractivity contribution is -0.139. The maximum absolute atomic E-state index is 13.2. The van der Waals surface area contributed by atoms with Crippen molar-refractivity contribution in [1.29, 1.82) is 0 Å². The van der Waals surface area contributed by atoms with E-state index in [0.29, 0.717) is 37.4 Å². The SMILES string of the molecule is CCOc1cccc(C(=O)N[C@@H](C)C(=O)N2CCC[C@H]2C(=O)NCc2ccc(-c3scnc3C)cc2)c1. The van der Waals surface area contributed by atoms with Gasteiger partial charge in [0.2, 0.25) is 11.8 Å². The fourth-order valence-electron chi connectivity index (χ4n) is 4.45. The van der Waals surface area contributed by atoms with E-state index in [2.05, 4.69) is 15.6 Å². The highest BCUT2D eigenvalue weighted by atomic mass is 32.1. The van der Waals surface area contributed by atoms with Gasteiger partial charge in [0.15, 0.2) is 0 Å². The highest BCUT2D eigenvalue weighted by Crippen LogP contribution is 2.27. The Kier molecular flexibility index (Phi) is 8.55. The molecule has 2 N–H and O–H groups in total. The molecule has 1 aliphatic rings. The number of carbonyl (C=O) groups excluding carboxylic acids is 3. The van der Waals surface area contributed by atoms with Gasteiger partial charge in [-0.1, -0.05) is 30.3 Å². The van der Waals surface area contributed by atoms with E-state index in [0.717, 1.165) is 28.1 Å². The van der Waals surface area contributed by atoms with Crippen LogP contribution < -0.4 is 15.4 Å². The number of amides is 3. The number of benzene rings is 2. The summed E-state index contributed by atoms with van der Waals surface area (Å²) in [7, 11) is 0. The summed E-state index contributed by atoms with van der Waals surface area (Å²) < 4.78 is 5.45. The summed E-state index contributed by atoms with van der Waals surface area (Å²) in [5, 5.41) is 5.73. The standard InChI is InChI=1S/C28H32N4O4S/c1-4-36-23-8-5-7-22(15-23)26(33)31-19(3)28(35)32-14-6-9-24(32)27(34)29-16-20-10-12-21(13-11-20)25-18(2)30-17-37-25/h5,7-8,10-13,15,17,19,24H,4,6,9,14,16H2,1-3H3,(H,29,34)(H,31,33)/t19-,24-/m0/s1. The minimum atomic E-state index is -0.764. The predicted octanol–water partition coefficient (Wildman–Crippen LogP) is 3.94. The molecule has 9 heteroatoms. The Morgan fingerprint density at radius 2 is 1.97 bits per heavy atom. The topological polar surface area (TPSA) is 101 Å². The molecule has 1 saturated heterocycles. The number of hydrogen-bond acceptors (Lipinski definition) is 6. The van der Waals surface area contributed by atoms with Crippen molar-refractivity contribution < 1.29 is 19.1 Å². The van der Waals surface area contributed by atoms with Gasteiger partial charge in [-0.3, -0.25) is 14.4 Å². The van der Waals surface area contributed by atoms with Gasteiger partial charge in [-0.05, 0) is 62.9 Å². The lowest BCUT2D eigenvalue weighted by Gasteiger charge is -2.27. The zero-order valence-electron chi connectivity index (χ0n) is 21.3. The molecule has 0 unspecified atom stereocenters. The Morgan fingerprint density at radius 1 is 1.19 bits per heavy atom. The van der Waals surface area contributed by atoms with Gasteiger partial charge in [-0.25, -0.2) is 4.98 Å². The van der Waals surface area contributed by atoms with Crippen molar-refractivity contribution >= 4 is 29.1 Å². The van der Waals surface area contributed by atoms with Crippen molar-refractivity contribution in [3.05, 3.63) is 70.9 Å². The van der Waals surface area contributed by atoms with Crippen molar-refractivity contribution in [2.75, 3.05) is 13.2 Å². The van der Waals surface area contributed by atoms with Gasteiger partial charge in [0.25, 0.3) is 5.91 Å². The Labute approximate surface area is 221 Å². The van der Waals surface area contributed by atoms with Gasteiger partial charge >= 0.3 is 0 Å². The number of rotatable bonds is 9. The second-order valence-corrected chi connectivity index (χ2v) is 9.88. The zero-order chi connectivity index (χ0) is 26.4. The van der Waals surface area contributed by atoms with Crippen LogP contribution in [0, 0.1) is 6.92 Å². The molecule has 2 aromatic carbocycles. The van der Waals surface area contributed by atoms with E-state index in [4.69, 9.17) is 4.74 Å². The van der Waals surface area contributed by atoms with E-state index < -0.39 is 12.1 Å². The fourth-order valence-corrected chi connectivity index (χ4v) is 5.26. The molecule has 1 fully saturated rings. The quantitative estimate of drug-likeness (QED) is 0.445. The van der Waals surface area contributed by atoms with Gasteiger partial charge in [0.05, 0.1) is 22.7 Å². The third kappa shape index (κ3) is 6.35. The third-order valence-electron chi connectivity index (χ3n) is 6.39. The van der Waals surface area contributed by atoms with Gasteiger partial charge in [-0.2, -0.15) is 0 Å². The lowest BCUT2D eigenvalue weighted by atomic mass is 10.1. The van der Waals surface area contributed by atoms with Crippen LogP contribution in [0.2, 0.25) is 0 Å². The number of likely N-dealkylation sites (tertiary alicyclic amines) is 1. The summed E-state index contributed by atoms with van der Waals surface area (Å²) >= 11 is 1.60. The molecule has 1 aromatic heterocycles. The van der Waals surface area contributed by atoms with Gasteiger partial charge in [0.1, 0.15) is 17.8 Å². The number of carbonyl (C=O) groups is 3. The molecule has 194 valence electrons. The van der Waals surface area contributed by atoms with Crippen molar-refractivity contribution in [3.63, 3.8) is 0 Å². The van der Waals surface area contributed by atoms with Crippen molar-refractivity contribution in [2.45, 2.75) is 52.2 Å². The van der Waals surface area contributed by atoms with E-state index in [1.54, 1.807) is 47.4 Å². The van der Waals surface area contributed by atoms with Gasteiger partial charge in [0, 0.05) is 18.7 Å². The summed E-state index contributed by atoms with van der Waals surface area (Å²) in [5.41, 5.74) is 5.33. The fraction of sp³-hybridized carbons (Fsp3) is 0.357. The summed E-state index contributed by atoms with van der Waals surface area (Å²) in [6, 6.07) is 13.6. The smallest absolute Gasteiger partial charge is 0.252 e. The lowest BCUT2D eigenvalue weighted by Crippen LogP contribution is -2.52. The average Bonchev–Trinajstić information content (AvgIpc) is 3.57. The van der Waals surface area contributed by atoms with E-state index in [1.165, 1.54) is 0 Å². The van der Waals surface area contributed by atoms with E-state index in [-0.39, 0.29) is 17.7 Å². The number of aryl methyl sites for hydroxylation is 1. The highest BCUT2D eigenvalue weighted by molar-refractivity contribution is 7.13. The molecule has 4 rings (SSSR count). The van der Waals surface area contributed by atoms with E-state index in [9.17, 15) is 14.4 Å². The number of nitrogens with one attached hydrogen (secondary N) is 2. The number of aromatic nitrogens is 1. The number of hydrogen-bond donors (Lipinski definition) is 2. The van der Waals surface area contributed by atoms with Crippen LogP contribution in [-0.4, -0.2) is 52.8 Å². The summed E-state index contributed by atoms with van der Waals surface area (Å²) in [6.45, 7) is 6.86. The van der Waals surface area contributed by atoms with Crippen LogP contribution in [0.3, 0.4) is 0 Å². The summed E-state index contributed by atoms with van der Waals surface area (Å²) in [6.07, 6.45) is 1.34. The average molecular weight is 521 g/mol. The minimum Gasteiger partial charge on any atom is -0.494 e. The maximum atomic E-state index is 13.2. The summed E-state index contributed by atoms with van der Waals surface area (Å²) in [4.78, 5) is 45.8. The Balaban J connectivity index is 1.32. The highest BCUT2D eigenvalue weighted by Gasteiger charge is 2.36. The maximum Gasteiger partial charge on any atom is 0.252 e. The van der Waals surface area contributed by atoms with E-state index in [1.807, 2.05) is 43.6 Å². The van der Waals surface area contributed by atoms with Crippen molar-refractivity contribution in [1.82, 2.24) is 20.5 Å². The molecular weight excluding hydrogens is 488 g/mol. The number of nitrogens with zero attached hydrogens (tertiary/aromatic N) is 2. The Hall–Kier alpha value is -3.72. The molecule has 2 heterocycles. The van der Waals surface area contributed by atoms with Crippen LogP contribution in [0.15, 0.2) is 54.0 Å². The number of thiazole rings is 1. The molecule has 0 aliphatic carbocycles. The first-order valence-corrected chi connectivity index (χ1v) is 13.4. The molecular formula is C28H32N4O4S. The summed E-state index contributed by atoms with van der Waals surface area (Å²) in [5.74, 6) is -0.217. The van der Waals surface area contributed by atoms with Gasteiger partial charge in [-0.15, -0.1) is 11.3 Å². The zero-order valence-corrected chi connectivity index (χ0v) is 22.1. The second kappa shape index (κ2) is 12.0. The molecule has 8 nitrogen and oxygen atoms in total. The molecule has 37 heavy (non-hydrogen) atoms. The minimum absolute atomic E-state index is 0.184. The van der Waals surface area contributed by atoms with Crippen LogP contribution in [-0.2, 0) is 16.1 Å². The van der Waals surface area contributed by atoms with Crippen molar-refractivity contribution in [2.24, 2.45) is 0 Å². The monoisotopic (exact) mass is 520 g/mol. The number of ether oxygens (including phenoxy) is 1. The molecule has 0 spiro atoms. The molecule has 3 amide bonds. The first kappa shape index (κ1) is 26.3. The second-order valence-electron chi connectivity index (χ2n) is 9.03. The predicted molar refractivity (Wildman–Crippen MR) is 143 cm³/mol. The molecule has 0 bridgehead atoms. The van der Waals surface area contributed by atoms with Gasteiger partial charge < -0.3 is 20.3 Å². The normalized spacial score (nSPS) is 15.8. The third-order valence-corrected chi connectivity index (χ3v) is 7.37. The molecule has 3 aromatic rings. The van der Waals surface area contributed by atoms with Crippen LogP contribution in [0.1, 0.15) is 48.3 Å². The van der Waals surface area contributed by atoms with Crippen LogP contribution in [0.25, 0.3) is 10.4 Å². The van der Waals surface area contributed by atoms with E-state index >= 15 is 0 Å². The molecule has 2 atom stereocenters.